The zero-order valence-corrected chi connectivity index (χ0v) is 12.0. The average molecular weight is 293 g/mol. The molecule has 1 N–H and O–H groups in total. The predicted octanol–water partition coefficient (Wildman–Crippen LogP) is 1.83. The minimum atomic E-state index is -1.07. The maximum atomic E-state index is 11.1. The molecule has 1 heterocycles. The molecular formula is C14H19N3O4. The van der Waals surface area contributed by atoms with Crippen LogP contribution in [0.4, 0.5) is 11.4 Å². The smallest absolute Gasteiger partial charge is 0.335 e. The van der Waals surface area contributed by atoms with Gasteiger partial charge in [-0.15, -0.1) is 0 Å². The third-order valence-electron chi connectivity index (χ3n) is 3.67. The predicted molar refractivity (Wildman–Crippen MR) is 79.0 cm³/mol. The summed E-state index contributed by atoms with van der Waals surface area (Å²) in [4.78, 5) is 25.9. The molecule has 0 spiro atoms. The molecule has 7 nitrogen and oxygen atoms in total. The van der Waals surface area contributed by atoms with Crippen LogP contribution in [0.15, 0.2) is 18.2 Å². The Morgan fingerprint density at radius 1 is 1.33 bits per heavy atom. The van der Waals surface area contributed by atoms with Gasteiger partial charge in [-0.05, 0) is 25.1 Å². The van der Waals surface area contributed by atoms with Crippen LogP contribution in [-0.2, 0) is 0 Å². The molecule has 0 unspecified atom stereocenters. The van der Waals surface area contributed by atoms with Gasteiger partial charge in [0, 0.05) is 32.2 Å². The molecule has 1 saturated heterocycles. The lowest BCUT2D eigenvalue weighted by atomic mass is 10.1. The maximum absolute atomic E-state index is 11.1. The number of carboxylic acid groups (broad SMARTS) is 1. The van der Waals surface area contributed by atoms with Crippen LogP contribution in [0.1, 0.15) is 23.7 Å². The van der Waals surface area contributed by atoms with Crippen LogP contribution in [0.2, 0.25) is 0 Å². The Kier molecular flexibility index (Phi) is 4.74. The Hall–Kier alpha value is -2.15. The lowest BCUT2D eigenvalue weighted by molar-refractivity contribution is -0.384. The number of benzene rings is 1. The van der Waals surface area contributed by atoms with Crippen molar-refractivity contribution in [2.24, 2.45) is 0 Å². The quantitative estimate of drug-likeness (QED) is 0.658. The standard InChI is InChI=1S/C14H19N3O4/c1-2-5-15-6-8-16(9-7-15)13-10-11(14(18)19)3-4-12(13)17(20)21/h3-4,10H,2,5-9H2,1H3,(H,18,19). The molecule has 1 aliphatic rings. The number of anilines is 1. The summed E-state index contributed by atoms with van der Waals surface area (Å²) in [5.41, 5.74) is 0.437. The van der Waals surface area contributed by atoms with Crippen molar-refractivity contribution in [3.63, 3.8) is 0 Å². The molecule has 0 saturated carbocycles. The van der Waals surface area contributed by atoms with E-state index in [2.05, 4.69) is 11.8 Å². The largest absolute Gasteiger partial charge is 0.478 e. The summed E-state index contributed by atoms with van der Waals surface area (Å²) < 4.78 is 0. The van der Waals surface area contributed by atoms with E-state index < -0.39 is 10.9 Å². The first kappa shape index (κ1) is 15.2. The lowest BCUT2D eigenvalue weighted by Crippen LogP contribution is -2.46. The molecule has 7 heteroatoms. The molecule has 0 aromatic heterocycles. The first-order valence-electron chi connectivity index (χ1n) is 7.02. The third kappa shape index (κ3) is 3.49. The molecule has 1 fully saturated rings. The first-order chi connectivity index (χ1) is 10.0. The highest BCUT2D eigenvalue weighted by Gasteiger charge is 2.24. The van der Waals surface area contributed by atoms with Gasteiger partial charge in [0.15, 0.2) is 0 Å². The van der Waals surface area contributed by atoms with E-state index in [1.165, 1.54) is 18.2 Å². The molecular weight excluding hydrogens is 274 g/mol. The monoisotopic (exact) mass is 293 g/mol. The van der Waals surface area contributed by atoms with Crippen LogP contribution in [-0.4, -0.2) is 53.6 Å². The summed E-state index contributed by atoms with van der Waals surface area (Å²) >= 11 is 0. The van der Waals surface area contributed by atoms with Crippen LogP contribution >= 0.6 is 0 Å². The number of rotatable bonds is 5. The van der Waals surface area contributed by atoms with Gasteiger partial charge in [-0.2, -0.15) is 0 Å². The second kappa shape index (κ2) is 6.53. The molecule has 0 atom stereocenters. The number of nitro benzene ring substituents is 1. The van der Waals surface area contributed by atoms with Gasteiger partial charge in [-0.3, -0.25) is 15.0 Å². The highest BCUT2D eigenvalue weighted by Crippen LogP contribution is 2.30. The van der Waals surface area contributed by atoms with Gasteiger partial charge in [0.25, 0.3) is 5.69 Å². The molecule has 114 valence electrons. The SMILES string of the molecule is CCCN1CCN(c2cc(C(=O)O)ccc2[N+](=O)[O-])CC1. The topological polar surface area (TPSA) is 86.9 Å². The fourth-order valence-electron chi connectivity index (χ4n) is 2.59. The normalized spacial score (nSPS) is 16.0. The number of carbonyl (C=O) groups is 1. The summed E-state index contributed by atoms with van der Waals surface area (Å²) in [6.45, 7) is 6.15. The van der Waals surface area contributed by atoms with Crippen LogP contribution in [0.25, 0.3) is 0 Å². The molecule has 0 amide bonds. The fraction of sp³-hybridized carbons (Fsp3) is 0.500. The van der Waals surface area contributed by atoms with Crippen LogP contribution in [0.3, 0.4) is 0 Å². The number of nitrogens with zero attached hydrogens (tertiary/aromatic N) is 3. The number of hydrogen-bond donors (Lipinski definition) is 1. The van der Waals surface area contributed by atoms with E-state index in [-0.39, 0.29) is 11.3 Å². The van der Waals surface area contributed by atoms with Crippen molar-refractivity contribution >= 4 is 17.3 Å². The molecule has 1 aromatic rings. The number of aromatic carboxylic acids is 1. The number of carboxylic acids is 1. The van der Waals surface area contributed by atoms with Gasteiger partial charge in [-0.25, -0.2) is 4.79 Å². The van der Waals surface area contributed by atoms with Gasteiger partial charge in [0.05, 0.1) is 10.5 Å². The van der Waals surface area contributed by atoms with Crippen molar-refractivity contribution in [1.82, 2.24) is 4.90 Å². The van der Waals surface area contributed by atoms with Gasteiger partial charge >= 0.3 is 5.97 Å². The van der Waals surface area contributed by atoms with Gasteiger partial charge < -0.3 is 10.0 Å². The van der Waals surface area contributed by atoms with Crippen molar-refractivity contribution < 1.29 is 14.8 Å². The van der Waals surface area contributed by atoms with Crippen molar-refractivity contribution in [3.8, 4) is 0 Å². The summed E-state index contributed by atoms with van der Waals surface area (Å²) in [6, 6.07) is 3.95. The molecule has 1 aromatic carbocycles. The third-order valence-corrected chi connectivity index (χ3v) is 3.67. The molecule has 21 heavy (non-hydrogen) atoms. The number of piperazine rings is 1. The maximum Gasteiger partial charge on any atom is 0.335 e. The second-order valence-corrected chi connectivity index (χ2v) is 5.09. The zero-order chi connectivity index (χ0) is 15.4. The molecule has 1 aliphatic heterocycles. The second-order valence-electron chi connectivity index (χ2n) is 5.09. The summed E-state index contributed by atoms with van der Waals surface area (Å²) in [7, 11) is 0. The Morgan fingerprint density at radius 2 is 2.00 bits per heavy atom. The van der Waals surface area contributed by atoms with Crippen molar-refractivity contribution in [3.05, 3.63) is 33.9 Å². The first-order valence-corrected chi connectivity index (χ1v) is 7.02. The van der Waals surface area contributed by atoms with Gasteiger partial charge in [-0.1, -0.05) is 6.92 Å². The van der Waals surface area contributed by atoms with E-state index in [1.807, 2.05) is 4.90 Å². The van der Waals surface area contributed by atoms with Crippen LogP contribution in [0, 0.1) is 10.1 Å². The Morgan fingerprint density at radius 3 is 2.52 bits per heavy atom. The van der Waals surface area contributed by atoms with E-state index in [0.29, 0.717) is 18.8 Å². The summed E-state index contributed by atoms with van der Waals surface area (Å²) in [6.07, 6.45) is 1.08. The van der Waals surface area contributed by atoms with Crippen LogP contribution in [0.5, 0.6) is 0 Å². The number of hydrogen-bond acceptors (Lipinski definition) is 5. The Balaban J connectivity index is 2.23. The zero-order valence-electron chi connectivity index (χ0n) is 12.0. The number of nitro groups is 1. The highest BCUT2D eigenvalue weighted by molar-refractivity contribution is 5.90. The van der Waals surface area contributed by atoms with Crippen molar-refractivity contribution in [2.75, 3.05) is 37.6 Å². The summed E-state index contributed by atoms with van der Waals surface area (Å²) in [5, 5.41) is 20.2. The van der Waals surface area contributed by atoms with E-state index in [1.54, 1.807) is 0 Å². The van der Waals surface area contributed by atoms with Crippen molar-refractivity contribution in [1.29, 1.82) is 0 Å². The lowest BCUT2D eigenvalue weighted by Gasteiger charge is -2.35. The molecule has 0 bridgehead atoms. The van der Waals surface area contributed by atoms with E-state index in [9.17, 15) is 14.9 Å². The molecule has 0 radical (unpaired) electrons. The Labute approximate surface area is 122 Å². The molecule has 0 aliphatic carbocycles. The minimum absolute atomic E-state index is 0.0380. The average Bonchev–Trinajstić information content (AvgIpc) is 2.47. The summed E-state index contributed by atoms with van der Waals surface area (Å²) in [5.74, 6) is -1.07. The van der Waals surface area contributed by atoms with E-state index >= 15 is 0 Å². The van der Waals surface area contributed by atoms with E-state index in [0.717, 1.165) is 26.1 Å². The molecule has 2 rings (SSSR count). The Bertz CT molecular complexity index is 539. The van der Waals surface area contributed by atoms with Crippen molar-refractivity contribution in [2.45, 2.75) is 13.3 Å². The van der Waals surface area contributed by atoms with Gasteiger partial charge in [0.2, 0.25) is 0 Å². The fourth-order valence-corrected chi connectivity index (χ4v) is 2.59. The van der Waals surface area contributed by atoms with Gasteiger partial charge in [0.1, 0.15) is 5.69 Å². The van der Waals surface area contributed by atoms with E-state index in [4.69, 9.17) is 5.11 Å². The van der Waals surface area contributed by atoms with Crippen LogP contribution < -0.4 is 4.90 Å². The highest BCUT2D eigenvalue weighted by atomic mass is 16.6. The minimum Gasteiger partial charge on any atom is -0.478 e.